The number of carbonyl (C=O) groups is 2. The molecule has 2 rings (SSSR count). The number of benzene rings is 1. The Morgan fingerprint density at radius 2 is 2.10 bits per heavy atom. The van der Waals surface area contributed by atoms with E-state index < -0.39 is 17.9 Å². The molecule has 0 aliphatic rings. The van der Waals surface area contributed by atoms with Crippen LogP contribution in [-0.2, 0) is 4.79 Å². The van der Waals surface area contributed by atoms with Crippen molar-refractivity contribution in [2.45, 2.75) is 12.5 Å². The maximum absolute atomic E-state index is 12.2. The van der Waals surface area contributed by atoms with Crippen molar-refractivity contribution in [3.8, 4) is 12.3 Å². The van der Waals surface area contributed by atoms with Crippen LogP contribution in [0.4, 0.5) is 0 Å². The molecule has 20 heavy (non-hydrogen) atoms. The molecule has 0 saturated carbocycles. The minimum Gasteiger partial charge on any atom is -0.480 e. The summed E-state index contributed by atoms with van der Waals surface area (Å²) < 4.78 is 0. The number of carbonyl (C=O) groups excluding carboxylic acids is 1. The molecule has 0 aliphatic heterocycles. The molecule has 1 atom stereocenters. The summed E-state index contributed by atoms with van der Waals surface area (Å²) in [7, 11) is 0. The number of rotatable bonds is 4. The molecule has 1 aromatic heterocycles. The number of hydrogen-bond donors (Lipinski definition) is 2. The third kappa shape index (κ3) is 2.75. The van der Waals surface area contributed by atoms with Gasteiger partial charge in [-0.25, -0.2) is 4.79 Å². The summed E-state index contributed by atoms with van der Waals surface area (Å²) in [6.07, 6.45) is 6.60. The Morgan fingerprint density at radius 1 is 1.35 bits per heavy atom. The standard InChI is InChI=1S/C15H12N2O3/c1-2-5-12(15(19)20)17-14(18)11-8-3-6-10-7-4-9-16-13(10)11/h1,3-4,6-9,12H,5H2,(H,17,18)(H,19,20)/t12-/m1/s1. The highest BCUT2D eigenvalue weighted by Gasteiger charge is 2.20. The second-order valence-electron chi connectivity index (χ2n) is 4.15. The molecule has 0 aliphatic carbocycles. The van der Waals surface area contributed by atoms with Crippen LogP contribution in [0.25, 0.3) is 10.9 Å². The molecular weight excluding hydrogens is 256 g/mol. The first-order valence-corrected chi connectivity index (χ1v) is 5.94. The lowest BCUT2D eigenvalue weighted by Gasteiger charge is -2.12. The summed E-state index contributed by atoms with van der Waals surface area (Å²) >= 11 is 0. The molecule has 2 N–H and O–H groups in total. The van der Waals surface area contributed by atoms with Crippen LogP contribution < -0.4 is 5.32 Å². The number of fused-ring (bicyclic) bond motifs is 1. The van der Waals surface area contributed by atoms with Gasteiger partial charge in [0.2, 0.25) is 0 Å². The number of amides is 1. The van der Waals surface area contributed by atoms with Crippen molar-refractivity contribution in [1.82, 2.24) is 10.3 Å². The lowest BCUT2D eigenvalue weighted by Crippen LogP contribution is -2.40. The number of carboxylic acids is 1. The largest absolute Gasteiger partial charge is 0.480 e. The van der Waals surface area contributed by atoms with Crippen LogP contribution in [-0.4, -0.2) is 28.0 Å². The van der Waals surface area contributed by atoms with Crippen LogP contribution in [0.1, 0.15) is 16.8 Å². The average Bonchev–Trinajstić information content (AvgIpc) is 2.46. The predicted octanol–water partition coefficient (Wildman–Crippen LogP) is 1.44. The van der Waals surface area contributed by atoms with Crippen LogP contribution >= 0.6 is 0 Å². The van der Waals surface area contributed by atoms with Gasteiger partial charge in [0.05, 0.1) is 11.1 Å². The quantitative estimate of drug-likeness (QED) is 0.822. The highest BCUT2D eigenvalue weighted by molar-refractivity contribution is 6.06. The summed E-state index contributed by atoms with van der Waals surface area (Å²) in [4.78, 5) is 27.3. The van der Waals surface area contributed by atoms with Crippen LogP contribution in [0.5, 0.6) is 0 Å². The van der Waals surface area contributed by atoms with Crippen molar-refractivity contribution < 1.29 is 14.7 Å². The van der Waals surface area contributed by atoms with Gasteiger partial charge in [0.15, 0.2) is 0 Å². The first-order valence-electron chi connectivity index (χ1n) is 5.94. The molecule has 0 unspecified atom stereocenters. The molecule has 2 aromatic rings. The van der Waals surface area contributed by atoms with Gasteiger partial charge in [-0.15, -0.1) is 12.3 Å². The maximum atomic E-state index is 12.2. The summed E-state index contributed by atoms with van der Waals surface area (Å²) in [5.41, 5.74) is 0.851. The Hall–Kier alpha value is -2.87. The van der Waals surface area contributed by atoms with Crippen molar-refractivity contribution >= 4 is 22.8 Å². The Bertz CT molecular complexity index is 698. The molecule has 5 heteroatoms. The molecule has 0 spiro atoms. The van der Waals surface area contributed by atoms with Crippen molar-refractivity contribution in [3.63, 3.8) is 0 Å². The molecule has 0 bridgehead atoms. The lowest BCUT2D eigenvalue weighted by molar-refractivity contribution is -0.139. The number of para-hydroxylation sites is 1. The highest BCUT2D eigenvalue weighted by atomic mass is 16.4. The normalized spacial score (nSPS) is 11.6. The van der Waals surface area contributed by atoms with Crippen molar-refractivity contribution in [1.29, 1.82) is 0 Å². The number of nitrogens with one attached hydrogen (secondary N) is 1. The van der Waals surface area contributed by atoms with Crippen LogP contribution in [0, 0.1) is 12.3 Å². The fraction of sp³-hybridized carbons (Fsp3) is 0.133. The minimum absolute atomic E-state index is 0.0702. The van der Waals surface area contributed by atoms with Crippen LogP contribution in [0.3, 0.4) is 0 Å². The number of aromatic nitrogens is 1. The third-order valence-electron chi connectivity index (χ3n) is 2.80. The van der Waals surface area contributed by atoms with E-state index in [1.807, 2.05) is 12.1 Å². The molecule has 0 saturated heterocycles. The molecule has 1 heterocycles. The zero-order valence-corrected chi connectivity index (χ0v) is 10.5. The second-order valence-corrected chi connectivity index (χ2v) is 4.15. The van der Waals surface area contributed by atoms with E-state index in [1.54, 1.807) is 24.4 Å². The monoisotopic (exact) mass is 268 g/mol. The zero-order chi connectivity index (χ0) is 14.5. The third-order valence-corrected chi connectivity index (χ3v) is 2.80. The molecule has 100 valence electrons. The Morgan fingerprint density at radius 3 is 2.80 bits per heavy atom. The Kier molecular flexibility index (Phi) is 3.96. The lowest BCUT2D eigenvalue weighted by atomic mass is 10.1. The average molecular weight is 268 g/mol. The van der Waals surface area contributed by atoms with E-state index in [4.69, 9.17) is 11.5 Å². The van der Waals surface area contributed by atoms with E-state index in [9.17, 15) is 9.59 Å². The number of terminal acetylenes is 1. The smallest absolute Gasteiger partial charge is 0.327 e. The first kappa shape index (κ1) is 13.6. The first-order chi connectivity index (χ1) is 9.63. The summed E-state index contributed by atoms with van der Waals surface area (Å²) in [5.74, 6) is 0.567. The number of aliphatic carboxylic acids is 1. The second kappa shape index (κ2) is 5.85. The maximum Gasteiger partial charge on any atom is 0.327 e. The highest BCUT2D eigenvalue weighted by Crippen LogP contribution is 2.16. The SMILES string of the molecule is C#CC[C@@H](NC(=O)c1cccc2cccnc12)C(=O)O. The summed E-state index contributed by atoms with van der Waals surface area (Å²) in [6.45, 7) is 0. The van der Waals surface area contributed by atoms with E-state index >= 15 is 0 Å². The number of carboxylic acid groups (broad SMARTS) is 1. The van der Waals surface area contributed by atoms with E-state index in [2.05, 4.69) is 16.2 Å². The Labute approximate surface area is 115 Å². The fourth-order valence-electron chi connectivity index (χ4n) is 1.84. The van der Waals surface area contributed by atoms with Gasteiger partial charge in [-0.3, -0.25) is 9.78 Å². The summed E-state index contributed by atoms with van der Waals surface area (Å²) in [5, 5.41) is 12.2. The van der Waals surface area contributed by atoms with Gasteiger partial charge in [-0.2, -0.15) is 0 Å². The molecule has 1 aromatic carbocycles. The van der Waals surface area contributed by atoms with E-state index in [0.29, 0.717) is 11.1 Å². The molecule has 0 fully saturated rings. The number of pyridine rings is 1. The fourth-order valence-corrected chi connectivity index (χ4v) is 1.84. The van der Waals surface area contributed by atoms with Gasteiger partial charge < -0.3 is 10.4 Å². The van der Waals surface area contributed by atoms with Crippen molar-refractivity contribution in [3.05, 3.63) is 42.1 Å². The van der Waals surface area contributed by atoms with Gasteiger partial charge in [0.25, 0.3) is 5.91 Å². The van der Waals surface area contributed by atoms with Crippen molar-refractivity contribution in [2.75, 3.05) is 0 Å². The Balaban J connectivity index is 2.32. The van der Waals surface area contributed by atoms with Crippen molar-refractivity contribution in [2.24, 2.45) is 0 Å². The molecule has 1 amide bonds. The molecule has 5 nitrogen and oxygen atoms in total. The van der Waals surface area contributed by atoms with Gasteiger partial charge in [0, 0.05) is 18.0 Å². The molecule has 0 radical (unpaired) electrons. The number of hydrogen-bond acceptors (Lipinski definition) is 3. The van der Waals surface area contributed by atoms with E-state index in [-0.39, 0.29) is 6.42 Å². The summed E-state index contributed by atoms with van der Waals surface area (Å²) in [6, 6.07) is 7.63. The van der Waals surface area contributed by atoms with E-state index in [1.165, 1.54) is 0 Å². The minimum atomic E-state index is -1.16. The van der Waals surface area contributed by atoms with Gasteiger partial charge >= 0.3 is 5.97 Å². The van der Waals surface area contributed by atoms with Gasteiger partial charge in [-0.05, 0) is 12.1 Å². The van der Waals surface area contributed by atoms with Crippen LogP contribution in [0.2, 0.25) is 0 Å². The van der Waals surface area contributed by atoms with Crippen LogP contribution in [0.15, 0.2) is 36.5 Å². The zero-order valence-electron chi connectivity index (χ0n) is 10.5. The predicted molar refractivity (Wildman–Crippen MR) is 74.1 cm³/mol. The topological polar surface area (TPSA) is 79.3 Å². The number of nitrogens with zero attached hydrogens (tertiary/aromatic N) is 1. The van der Waals surface area contributed by atoms with E-state index in [0.717, 1.165) is 5.39 Å². The van der Waals surface area contributed by atoms with Gasteiger partial charge in [0.1, 0.15) is 6.04 Å². The van der Waals surface area contributed by atoms with Gasteiger partial charge in [-0.1, -0.05) is 18.2 Å². The molecular formula is C15H12N2O3.